The van der Waals surface area contributed by atoms with E-state index in [-0.39, 0.29) is 6.61 Å². The van der Waals surface area contributed by atoms with Crippen LogP contribution in [0.25, 0.3) is 0 Å². The van der Waals surface area contributed by atoms with Crippen LogP contribution in [0.15, 0.2) is 0 Å². The van der Waals surface area contributed by atoms with E-state index < -0.39 is 12.6 Å². The Balaban J connectivity index is 2.56. The van der Waals surface area contributed by atoms with E-state index in [2.05, 4.69) is 4.74 Å². The first-order valence-electron chi connectivity index (χ1n) is 2.55. The van der Waals surface area contributed by atoms with Gasteiger partial charge in [-0.05, 0) is 0 Å². The summed E-state index contributed by atoms with van der Waals surface area (Å²) in [6.45, 7) is -1.84. The van der Waals surface area contributed by atoms with Gasteiger partial charge in [-0.25, -0.2) is 4.79 Å². The molecule has 1 aliphatic rings. The predicted molar refractivity (Wildman–Crippen MR) is 19.4 cm³/mol. The number of hydrogen-bond acceptors (Lipinski definition) is 2. The van der Waals surface area contributed by atoms with Gasteiger partial charge in [0.1, 0.15) is 6.61 Å². The lowest BCUT2D eigenvalue weighted by molar-refractivity contribution is 0.178. The van der Waals surface area contributed by atoms with E-state index in [4.69, 9.17) is 2.74 Å². The molecule has 0 spiro atoms. The number of amides is 1. The molecule has 0 radical (unpaired) electrons. The third kappa shape index (κ3) is 0.429. The number of cyclic esters (lactones) is 1. The minimum atomic E-state index is -1.66. The first-order valence-corrected chi connectivity index (χ1v) is 1.55. The van der Waals surface area contributed by atoms with Gasteiger partial charge in [-0.2, -0.15) is 0 Å². The zero-order valence-corrected chi connectivity index (χ0v) is 3.02. The molecule has 0 aromatic carbocycles. The molecule has 6 heavy (non-hydrogen) atoms. The third-order valence-corrected chi connectivity index (χ3v) is 0.466. The largest absolute Gasteiger partial charge is 0.448 e. The van der Waals surface area contributed by atoms with Crippen molar-refractivity contribution in [3.05, 3.63) is 0 Å². The lowest BCUT2D eigenvalue weighted by Crippen LogP contribution is -2.11. The predicted octanol–water partition coefficient (Wildman–Crippen LogP) is -0.274. The van der Waals surface area contributed by atoms with Crippen molar-refractivity contribution in [2.45, 2.75) is 0 Å². The van der Waals surface area contributed by atoms with Crippen LogP contribution in [-0.2, 0) is 4.74 Å². The second kappa shape index (κ2) is 1.16. The molecule has 1 amide bonds. The summed E-state index contributed by atoms with van der Waals surface area (Å²) in [7, 11) is 0. The van der Waals surface area contributed by atoms with E-state index in [9.17, 15) is 4.79 Å². The molecule has 34 valence electrons. The summed E-state index contributed by atoms with van der Waals surface area (Å²) in [6, 6.07) is 0. The maximum absolute atomic E-state index is 10.1. The minimum Gasteiger partial charge on any atom is -0.448 e. The van der Waals surface area contributed by atoms with E-state index in [1.54, 1.807) is 0 Å². The van der Waals surface area contributed by atoms with Crippen molar-refractivity contribution in [1.82, 2.24) is 5.32 Å². The molecule has 1 fully saturated rings. The summed E-state index contributed by atoms with van der Waals surface area (Å²) in [6.07, 6.45) is -0.685. The van der Waals surface area contributed by atoms with Gasteiger partial charge in [-0.15, -0.1) is 0 Å². The topological polar surface area (TPSA) is 38.3 Å². The number of carbonyl (C=O) groups excluding carboxylic acids is 1. The average Bonchev–Trinajstić information content (AvgIpc) is 1.82. The van der Waals surface area contributed by atoms with Crippen LogP contribution in [0, 0.1) is 0 Å². The highest BCUT2D eigenvalue weighted by Crippen LogP contribution is 1.82. The Morgan fingerprint density at radius 2 is 3.00 bits per heavy atom. The molecular formula is C3H5NO2. The Bertz CT molecular complexity index is 124. The summed E-state index contributed by atoms with van der Waals surface area (Å²) in [5, 5.41) is 1.97. The number of carbonyl (C=O) groups is 1. The van der Waals surface area contributed by atoms with Gasteiger partial charge >= 0.3 is 6.09 Å². The molecule has 1 rings (SSSR count). The molecule has 1 N–H and O–H groups in total. The smallest absolute Gasteiger partial charge is 0.407 e. The van der Waals surface area contributed by atoms with Gasteiger partial charge in [-0.1, -0.05) is 0 Å². The third-order valence-electron chi connectivity index (χ3n) is 0.466. The number of ether oxygens (including phenoxy) is 1. The van der Waals surface area contributed by atoms with E-state index in [0.29, 0.717) is 0 Å². The number of nitrogens with one attached hydrogen (secondary N) is 1. The Labute approximate surface area is 38.1 Å². The first-order chi connectivity index (χ1) is 3.60. The normalized spacial score (nSPS) is 33.0. The van der Waals surface area contributed by atoms with Crippen molar-refractivity contribution in [1.29, 1.82) is 0 Å². The van der Waals surface area contributed by atoms with Crippen LogP contribution in [0.4, 0.5) is 4.79 Å². The van der Waals surface area contributed by atoms with Gasteiger partial charge in [-0.3, -0.25) is 0 Å². The van der Waals surface area contributed by atoms with Crippen LogP contribution in [0.3, 0.4) is 0 Å². The average molecular weight is 89.1 g/mol. The van der Waals surface area contributed by atoms with Gasteiger partial charge in [0.05, 0.1) is 9.24 Å². The van der Waals surface area contributed by atoms with Crippen LogP contribution < -0.4 is 5.32 Å². The molecule has 1 aliphatic heterocycles. The van der Waals surface area contributed by atoms with Crippen molar-refractivity contribution in [2.24, 2.45) is 0 Å². The Morgan fingerprint density at radius 3 is 3.17 bits per heavy atom. The molecule has 0 aromatic heterocycles. The number of hydrogen-bond donors (Lipinski definition) is 1. The summed E-state index contributed by atoms with van der Waals surface area (Å²) in [5.41, 5.74) is 0. The highest BCUT2D eigenvalue weighted by Gasteiger charge is 2.06. The van der Waals surface area contributed by atoms with Gasteiger partial charge in [0, 0.05) is 0 Å². The lowest BCUT2D eigenvalue weighted by atomic mass is 10.7. The van der Waals surface area contributed by atoms with Crippen molar-refractivity contribution >= 4 is 6.09 Å². The van der Waals surface area contributed by atoms with Gasteiger partial charge in [0.25, 0.3) is 0 Å². The molecule has 1 heterocycles. The number of alkyl carbamates (subject to hydrolysis) is 1. The van der Waals surface area contributed by atoms with Gasteiger partial charge in [0.15, 0.2) is 0 Å². The summed E-state index contributed by atoms with van der Waals surface area (Å²) >= 11 is 0. The molecule has 0 unspecified atom stereocenters. The molecular weight excluding hydrogens is 82.0 g/mol. The van der Waals surface area contributed by atoms with Crippen molar-refractivity contribution in [3.8, 4) is 0 Å². The summed E-state index contributed by atoms with van der Waals surface area (Å²) < 4.78 is 17.9. The molecule has 1 saturated heterocycles. The highest BCUT2D eigenvalue weighted by atomic mass is 16.6. The fraction of sp³-hybridized carbons (Fsp3) is 0.667. The second-order valence-electron chi connectivity index (χ2n) is 0.878. The van der Waals surface area contributed by atoms with E-state index in [1.807, 2.05) is 5.32 Å². The van der Waals surface area contributed by atoms with Gasteiger partial charge in [0.2, 0.25) is 0 Å². The maximum Gasteiger partial charge on any atom is 0.407 e. The van der Waals surface area contributed by atoms with E-state index in [1.165, 1.54) is 0 Å². The second-order valence-corrected chi connectivity index (χ2v) is 0.878. The SMILES string of the molecule is [2H]C1([2H])COC(=O)N1. The monoisotopic (exact) mass is 89.0 g/mol. The standard InChI is InChI=1S/C3H5NO2/c5-3-4-1-2-6-3/h1-2H2,(H,4,5)/i1D2. The van der Waals surface area contributed by atoms with Crippen molar-refractivity contribution in [3.63, 3.8) is 0 Å². The molecule has 0 aliphatic carbocycles. The molecule has 3 heteroatoms. The molecule has 0 saturated carbocycles. The van der Waals surface area contributed by atoms with E-state index >= 15 is 0 Å². The fourth-order valence-electron chi connectivity index (χ4n) is 0.246. The van der Waals surface area contributed by atoms with Crippen LogP contribution >= 0.6 is 0 Å². The summed E-state index contributed by atoms with van der Waals surface area (Å²) in [4.78, 5) is 10.1. The molecule has 3 nitrogen and oxygen atoms in total. The zero-order chi connectivity index (χ0) is 6.20. The zero-order valence-electron chi connectivity index (χ0n) is 5.02. The molecule has 0 bridgehead atoms. The Kier molecular flexibility index (Phi) is 0.352. The van der Waals surface area contributed by atoms with Crippen LogP contribution in [0.1, 0.15) is 2.74 Å². The Morgan fingerprint density at radius 1 is 2.17 bits per heavy atom. The quantitative estimate of drug-likeness (QED) is 0.443. The summed E-state index contributed by atoms with van der Waals surface area (Å²) in [5.74, 6) is 0. The van der Waals surface area contributed by atoms with Crippen molar-refractivity contribution in [2.75, 3.05) is 13.1 Å². The van der Waals surface area contributed by atoms with Gasteiger partial charge < -0.3 is 10.1 Å². The number of rotatable bonds is 0. The Hall–Kier alpha value is -0.730. The van der Waals surface area contributed by atoms with Crippen molar-refractivity contribution < 1.29 is 12.3 Å². The lowest BCUT2D eigenvalue weighted by Gasteiger charge is -1.80. The van der Waals surface area contributed by atoms with Crippen LogP contribution in [0.5, 0.6) is 0 Å². The fourth-order valence-corrected chi connectivity index (χ4v) is 0.246. The van der Waals surface area contributed by atoms with E-state index in [0.717, 1.165) is 0 Å². The highest BCUT2D eigenvalue weighted by molar-refractivity contribution is 5.68. The first kappa shape index (κ1) is 1.82. The van der Waals surface area contributed by atoms with Crippen LogP contribution in [-0.4, -0.2) is 19.2 Å². The molecule has 0 aromatic rings. The maximum atomic E-state index is 10.1. The van der Waals surface area contributed by atoms with Crippen LogP contribution in [0.2, 0.25) is 0 Å². The minimum absolute atomic E-state index is 0.189. The molecule has 0 atom stereocenters.